The largest absolute Gasteiger partial charge is 0.354 e. The Labute approximate surface area is 189 Å². The molecule has 0 bridgehead atoms. The van der Waals surface area contributed by atoms with Crippen molar-refractivity contribution < 1.29 is 22.4 Å². The fraction of sp³-hybridized carbons (Fsp3) is 0.391. The summed E-state index contributed by atoms with van der Waals surface area (Å²) in [5.74, 6) is -1.52. The lowest BCUT2D eigenvalue weighted by atomic mass is 10.1. The van der Waals surface area contributed by atoms with Crippen molar-refractivity contribution in [3.8, 4) is 0 Å². The van der Waals surface area contributed by atoms with Gasteiger partial charge in [0.15, 0.2) is 0 Å². The van der Waals surface area contributed by atoms with Gasteiger partial charge in [0, 0.05) is 13.1 Å². The molecule has 1 N–H and O–H groups in total. The molecular weight excluding hydrogens is 433 g/mol. The number of carbonyl (C=O) groups excluding carboxylic acids is 2. The van der Waals surface area contributed by atoms with Gasteiger partial charge in [-0.3, -0.25) is 13.9 Å². The number of halogens is 1. The zero-order valence-electron chi connectivity index (χ0n) is 18.8. The third kappa shape index (κ3) is 7.05. The first-order chi connectivity index (χ1) is 15.0. The summed E-state index contributed by atoms with van der Waals surface area (Å²) in [6.45, 7) is 5.50. The van der Waals surface area contributed by atoms with E-state index in [1.807, 2.05) is 38.1 Å². The summed E-state index contributed by atoms with van der Waals surface area (Å²) in [4.78, 5) is 27.2. The predicted molar refractivity (Wildman–Crippen MR) is 123 cm³/mol. The van der Waals surface area contributed by atoms with Crippen LogP contribution in [0.15, 0.2) is 48.5 Å². The quantitative estimate of drug-likeness (QED) is 0.587. The highest BCUT2D eigenvalue weighted by molar-refractivity contribution is 7.92. The van der Waals surface area contributed by atoms with Gasteiger partial charge >= 0.3 is 0 Å². The smallest absolute Gasteiger partial charge is 0.244 e. The number of rotatable bonds is 10. The van der Waals surface area contributed by atoms with Crippen LogP contribution in [0.2, 0.25) is 0 Å². The topological polar surface area (TPSA) is 86.8 Å². The van der Waals surface area contributed by atoms with Crippen molar-refractivity contribution in [3.63, 3.8) is 0 Å². The molecule has 0 aliphatic carbocycles. The molecule has 2 aromatic rings. The molecule has 0 saturated heterocycles. The van der Waals surface area contributed by atoms with Gasteiger partial charge in [0.25, 0.3) is 0 Å². The zero-order chi connectivity index (χ0) is 23.9. The van der Waals surface area contributed by atoms with Gasteiger partial charge in [-0.05, 0) is 44.0 Å². The number of benzene rings is 2. The van der Waals surface area contributed by atoms with Crippen LogP contribution in [0.1, 0.15) is 31.4 Å². The summed E-state index contributed by atoms with van der Waals surface area (Å²) in [7, 11) is -3.88. The molecule has 0 radical (unpaired) electrons. The molecule has 9 heteroatoms. The third-order valence-corrected chi connectivity index (χ3v) is 6.11. The van der Waals surface area contributed by atoms with E-state index < -0.39 is 34.3 Å². The van der Waals surface area contributed by atoms with Crippen molar-refractivity contribution in [2.75, 3.05) is 23.7 Å². The standard InChI is InChI=1S/C23H30FN3O4S/c1-5-13-25-23(29)18(3)26(15-19-11-9-17(2)10-12-19)22(28)16-27(32(4,30)31)21-8-6-7-20(24)14-21/h6-12,14,18H,5,13,15-16H2,1-4H3,(H,25,29)/t18-/m1/s1. The van der Waals surface area contributed by atoms with Gasteiger partial charge in [-0.2, -0.15) is 0 Å². The van der Waals surface area contributed by atoms with Crippen LogP contribution in [0.5, 0.6) is 0 Å². The van der Waals surface area contributed by atoms with Crippen LogP contribution in [0.25, 0.3) is 0 Å². The zero-order valence-corrected chi connectivity index (χ0v) is 19.7. The molecule has 2 amide bonds. The fourth-order valence-corrected chi connectivity index (χ4v) is 3.96. The monoisotopic (exact) mass is 463 g/mol. The van der Waals surface area contributed by atoms with E-state index in [0.717, 1.165) is 34.2 Å². The first kappa shape index (κ1) is 25.3. The number of nitrogens with one attached hydrogen (secondary N) is 1. The number of nitrogens with zero attached hydrogens (tertiary/aromatic N) is 2. The number of anilines is 1. The van der Waals surface area contributed by atoms with Crippen molar-refractivity contribution in [3.05, 3.63) is 65.5 Å². The normalized spacial score (nSPS) is 12.2. The van der Waals surface area contributed by atoms with E-state index in [-0.39, 0.29) is 18.1 Å². The summed E-state index contributed by atoms with van der Waals surface area (Å²) in [6, 6.07) is 11.7. The van der Waals surface area contributed by atoms with E-state index >= 15 is 0 Å². The van der Waals surface area contributed by atoms with E-state index in [0.29, 0.717) is 6.54 Å². The Morgan fingerprint density at radius 3 is 2.34 bits per heavy atom. The van der Waals surface area contributed by atoms with Crippen LogP contribution in [-0.2, 0) is 26.2 Å². The SMILES string of the molecule is CCCNC(=O)[C@@H](C)N(Cc1ccc(C)cc1)C(=O)CN(c1cccc(F)c1)S(C)(=O)=O. The number of hydrogen-bond donors (Lipinski definition) is 1. The van der Waals surface area contributed by atoms with E-state index in [1.54, 1.807) is 6.92 Å². The Morgan fingerprint density at radius 1 is 1.12 bits per heavy atom. The molecule has 0 aromatic heterocycles. The summed E-state index contributed by atoms with van der Waals surface area (Å²) in [5, 5.41) is 2.77. The van der Waals surface area contributed by atoms with Gasteiger partial charge < -0.3 is 10.2 Å². The first-order valence-electron chi connectivity index (χ1n) is 10.4. The molecule has 0 aliphatic heterocycles. The molecule has 0 fully saturated rings. The highest BCUT2D eigenvalue weighted by atomic mass is 32.2. The molecule has 0 heterocycles. The lowest BCUT2D eigenvalue weighted by molar-refractivity contribution is -0.139. The molecule has 1 atom stereocenters. The fourth-order valence-electron chi connectivity index (χ4n) is 3.11. The number of carbonyl (C=O) groups is 2. The maximum atomic E-state index is 13.7. The Bertz CT molecular complexity index is 1040. The molecule has 2 aromatic carbocycles. The summed E-state index contributed by atoms with van der Waals surface area (Å²) < 4.78 is 39.4. The van der Waals surface area contributed by atoms with E-state index in [4.69, 9.17) is 0 Å². The maximum absolute atomic E-state index is 13.7. The Morgan fingerprint density at radius 2 is 1.78 bits per heavy atom. The third-order valence-electron chi connectivity index (χ3n) is 4.97. The maximum Gasteiger partial charge on any atom is 0.244 e. The first-order valence-corrected chi connectivity index (χ1v) is 12.2. The van der Waals surface area contributed by atoms with E-state index in [9.17, 15) is 22.4 Å². The Kier molecular flexibility index (Phi) is 8.77. The van der Waals surface area contributed by atoms with Gasteiger partial charge in [-0.1, -0.05) is 42.8 Å². The van der Waals surface area contributed by atoms with Crippen molar-refractivity contribution in [2.45, 2.75) is 39.8 Å². The summed E-state index contributed by atoms with van der Waals surface area (Å²) in [6.07, 6.45) is 1.69. The van der Waals surface area contributed by atoms with Crippen molar-refractivity contribution in [2.24, 2.45) is 0 Å². The van der Waals surface area contributed by atoms with Crippen LogP contribution in [0, 0.1) is 12.7 Å². The lowest BCUT2D eigenvalue weighted by Gasteiger charge is -2.31. The molecule has 0 unspecified atom stereocenters. The molecule has 7 nitrogen and oxygen atoms in total. The summed E-state index contributed by atoms with van der Waals surface area (Å²) >= 11 is 0. The second-order valence-electron chi connectivity index (χ2n) is 7.72. The minimum Gasteiger partial charge on any atom is -0.354 e. The second kappa shape index (κ2) is 11.1. The summed E-state index contributed by atoms with van der Waals surface area (Å²) in [5.41, 5.74) is 1.89. The highest BCUT2D eigenvalue weighted by Gasteiger charge is 2.30. The number of amides is 2. The molecule has 174 valence electrons. The van der Waals surface area contributed by atoms with E-state index in [1.165, 1.54) is 23.1 Å². The molecule has 0 saturated carbocycles. The van der Waals surface area contributed by atoms with Crippen molar-refractivity contribution >= 4 is 27.5 Å². The number of sulfonamides is 1. The van der Waals surface area contributed by atoms with Gasteiger partial charge in [0.1, 0.15) is 18.4 Å². The minimum absolute atomic E-state index is 0.0409. The van der Waals surface area contributed by atoms with Gasteiger partial charge in [-0.15, -0.1) is 0 Å². The van der Waals surface area contributed by atoms with Crippen LogP contribution in [-0.4, -0.2) is 50.5 Å². The van der Waals surface area contributed by atoms with Crippen molar-refractivity contribution in [1.82, 2.24) is 10.2 Å². The highest BCUT2D eigenvalue weighted by Crippen LogP contribution is 2.20. The van der Waals surface area contributed by atoms with Gasteiger partial charge in [0.2, 0.25) is 21.8 Å². The molecule has 2 rings (SSSR count). The average Bonchev–Trinajstić information content (AvgIpc) is 2.73. The molecule has 0 aliphatic rings. The van der Waals surface area contributed by atoms with E-state index in [2.05, 4.69) is 5.32 Å². The lowest BCUT2D eigenvalue weighted by Crippen LogP contribution is -2.51. The predicted octanol–water partition coefficient (Wildman–Crippen LogP) is 2.84. The minimum atomic E-state index is -3.88. The molecule has 0 spiro atoms. The molecule has 32 heavy (non-hydrogen) atoms. The van der Waals surface area contributed by atoms with Crippen LogP contribution in [0.3, 0.4) is 0 Å². The van der Waals surface area contributed by atoms with Crippen LogP contribution < -0.4 is 9.62 Å². The average molecular weight is 464 g/mol. The van der Waals surface area contributed by atoms with Crippen LogP contribution in [0.4, 0.5) is 10.1 Å². The van der Waals surface area contributed by atoms with Crippen molar-refractivity contribution in [1.29, 1.82) is 0 Å². The molecular formula is C23H30FN3O4S. The van der Waals surface area contributed by atoms with Crippen LogP contribution >= 0.6 is 0 Å². The van der Waals surface area contributed by atoms with Gasteiger partial charge in [-0.25, -0.2) is 12.8 Å². The Balaban J connectivity index is 2.35. The van der Waals surface area contributed by atoms with Gasteiger partial charge in [0.05, 0.1) is 11.9 Å². The second-order valence-corrected chi connectivity index (χ2v) is 9.63. The Hall–Kier alpha value is -2.94. The number of hydrogen-bond acceptors (Lipinski definition) is 4. The number of aryl methyl sites for hydroxylation is 1.